The highest BCUT2D eigenvalue weighted by Gasteiger charge is 2.31. The Kier molecular flexibility index (Phi) is 7.39. The SMILES string of the molecule is CCCOC(=O)N1CCN(C(=O)c2ccc3c(Cl)c4c(nc3c2)CC(CCN)CC4)[C@H](C)C1. The molecule has 1 aliphatic carbocycles. The minimum Gasteiger partial charge on any atom is -0.449 e. The number of halogens is 1. The number of carbonyl (C=O) groups excluding carboxylic acids is 2. The van der Waals surface area contributed by atoms with Crippen LogP contribution in [-0.4, -0.2) is 65.6 Å². The Hall–Kier alpha value is -2.38. The Morgan fingerprint density at radius 3 is 2.85 bits per heavy atom. The van der Waals surface area contributed by atoms with Gasteiger partial charge < -0.3 is 20.3 Å². The van der Waals surface area contributed by atoms with Crippen molar-refractivity contribution in [1.29, 1.82) is 0 Å². The zero-order chi connectivity index (χ0) is 23.5. The van der Waals surface area contributed by atoms with Gasteiger partial charge in [0.2, 0.25) is 0 Å². The summed E-state index contributed by atoms with van der Waals surface area (Å²) in [6.07, 6.45) is 4.36. The number of benzene rings is 1. The molecule has 7 nitrogen and oxygen atoms in total. The second-order valence-corrected chi connectivity index (χ2v) is 9.56. The van der Waals surface area contributed by atoms with E-state index in [-0.39, 0.29) is 18.0 Å². The van der Waals surface area contributed by atoms with E-state index in [1.807, 2.05) is 36.9 Å². The summed E-state index contributed by atoms with van der Waals surface area (Å²) in [7, 11) is 0. The van der Waals surface area contributed by atoms with E-state index in [9.17, 15) is 9.59 Å². The number of fused-ring (bicyclic) bond motifs is 2. The second-order valence-electron chi connectivity index (χ2n) is 9.18. The van der Waals surface area contributed by atoms with E-state index in [4.69, 9.17) is 27.1 Å². The summed E-state index contributed by atoms with van der Waals surface area (Å²) in [4.78, 5) is 33.9. The number of nitrogens with zero attached hydrogens (tertiary/aromatic N) is 3. The Labute approximate surface area is 200 Å². The maximum atomic E-state index is 13.3. The molecule has 0 bridgehead atoms. The van der Waals surface area contributed by atoms with Crippen LogP contribution in [0.3, 0.4) is 0 Å². The van der Waals surface area contributed by atoms with E-state index in [0.29, 0.717) is 44.3 Å². The number of hydrogen-bond donors (Lipinski definition) is 1. The van der Waals surface area contributed by atoms with E-state index in [1.54, 1.807) is 4.90 Å². The number of piperazine rings is 1. The molecule has 2 heterocycles. The van der Waals surface area contributed by atoms with Crippen LogP contribution >= 0.6 is 11.6 Å². The average Bonchev–Trinajstić information content (AvgIpc) is 2.82. The molecule has 1 aliphatic heterocycles. The first-order valence-corrected chi connectivity index (χ1v) is 12.3. The Morgan fingerprint density at radius 2 is 2.12 bits per heavy atom. The lowest BCUT2D eigenvalue weighted by molar-refractivity contribution is 0.0414. The topological polar surface area (TPSA) is 88.8 Å². The fourth-order valence-electron chi connectivity index (χ4n) is 4.95. The van der Waals surface area contributed by atoms with Crippen LogP contribution in [0, 0.1) is 5.92 Å². The van der Waals surface area contributed by atoms with Crippen LogP contribution in [0.15, 0.2) is 18.2 Å². The number of carbonyl (C=O) groups is 2. The highest BCUT2D eigenvalue weighted by molar-refractivity contribution is 6.36. The molecule has 2 N–H and O–H groups in total. The summed E-state index contributed by atoms with van der Waals surface area (Å²) in [5.41, 5.74) is 9.28. The van der Waals surface area contributed by atoms with Gasteiger partial charge in [-0.05, 0) is 69.2 Å². The first kappa shape index (κ1) is 23.8. The number of pyridine rings is 1. The third-order valence-electron chi connectivity index (χ3n) is 6.79. The lowest BCUT2D eigenvalue weighted by atomic mass is 9.84. The summed E-state index contributed by atoms with van der Waals surface area (Å²) in [5.74, 6) is 0.483. The van der Waals surface area contributed by atoms with Crippen LogP contribution in [0.5, 0.6) is 0 Å². The normalized spacial score (nSPS) is 20.6. The number of aromatic nitrogens is 1. The maximum Gasteiger partial charge on any atom is 0.409 e. The van der Waals surface area contributed by atoms with Crippen molar-refractivity contribution in [2.75, 3.05) is 32.8 Å². The van der Waals surface area contributed by atoms with E-state index in [0.717, 1.165) is 59.3 Å². The van der Waals surface area contributed by atoms with Crippen molar-refractivity contribution in [3.8, 4) is 0 Å². The van der Waals surface area contributed by atoms with Gasteiger partial charge in [-0.2, -0.15) is 0 Å². The van der Waals surface area contributed by atoms with Gasteiger partial charge in [-0.1, -0.05) is 24.6 Å². The minimum atomic E-state index is -0.307. The molecule has 1 fully saturated rings. The zero-order valence-electron chi connectivity index (χ0n) is 19.5. The van der Waals surface area contributed by atoms with Crippen LogP contribution in [-0.2, 0) is 17.6 Å². The molecule has 1 saturated heterocycles. The fraction of sp³-hybridized carbons (Fsp3) is 0.560. The second kappa shape index (κ2) is 10.3. The van der Waals surface area contributed by atoms with Crippen molar-refractivity contribution in [3.05, 3.63) is 40.0 Å². The molecule has 1 aromatic carbocycles. The molecule has 2 amide bonds. The van der Waals surface area contributed by atoms with Crippen LogP contribution in [0.25, 0.3) is 10.9 Å². The van der Waals surface area contributed by atoms with Crippen molar-refractivity contribution in [2.24, 2.45) is 11.7 Å². The Bertz CT molecular complexity index is 1040. The molecule has 2 aromatic rings. The van der Waals surface area contributed by atoms with Crippen molar-refractivity contribution in [3.63, 3.8) is 0 Å². The standard InChI is InChI=1S/C25H33ClN4O3/c1-3-12-33-25(32)29-10-11-30(16(2)15-29)24(31)18-5-7-20-22(14-18)28-21-13-17(8-9-27)4-6-19(21)23(20)26/h5,7,14,16-17H,3-4,6,8-13,15,27H2,1-2H3/t16-,17?/m1/s1. The molecule has 2 atom stereocenters. The molecule has 178 valence electrons. The highest BCUT2D eigenvalue weighted by atomic mass is 35.5. The predicted molar refractivity (Wildman–Crippen MR) is 130 cm³/mol. The number of ether oxygens (including phenoxy) is 1. The van der Waals surface area contributed by atoms with E-state index < -0.39 is 0 Å². The quantitative estimate of drug-likeness (QED) is 0.709. The third-order valence-corrected chi connectivity index (χ3v) is 7.22. The van der Waals surface area contributed by atoms with Gasteiger partial charge in [-0.25, -0.2) is 4.79 Å². The van der Waals surface area contributed by atoms with Gasteiger partial charge in [-0.3, -0.25) is 9.78 Å². The van der Waals surface area contributed by atoms with E-state index >= 15 is 0 Å². The van der Waals surface area contributed by atoms with Gasteiger partial charge in [0, 0.05) is 42.3 Å². The lowest BCUT2D eigenvalue weighted by Gasteiger charge is -2.39. The Balaban J connectivity index is 1.53. The van der Waals surface area contributed by atoms with Crippen molar-refractivity contribution in [2.45, 2.75) is 52.0 Å². The van der Waals surface area contributed by atoms with E-state index in [1.165, 1.54) is 0 Å². The summed E-state index contributed by atoms with van der Waals surface area (Å²) in [6.45, 7) is 6.41. The molecule has 0 saturated carbocycles. The van der Waals surface area contributed by atoms with Crippen molar-refractivity contribution in [1.82, 2.24) is 14.8 Å². The number of nitrogens with two attached hydrogens (primary N) is 1. The molecule has 0 radical (unpaired) electrons. The first-order chi connectivity index (χ1) is 15.9. The third kappa shape index (κ3) is 4.94. The number of amides is 2. The van der Waals surface area contributed by atoms with Crippen LogP contribution in [0.1, 0.15) is 54.7 Å². The molecule has 2 aliphatic rings. The van der Waals surface area contributed by atoms with Crippen LogP contribution < -0.4 is 5.73 Å². The smallest absolute Gasteiger partial charge is 0.409 e. The fourth-order valence-corrected chi connectivity index (χ4v) is 5.31. The molecule has 1 aromatic heterocycles. The van der Waals surface area contributed by atoms with Crippen molar-refractivity contribution >= 4 is 34.5 Å². The molecular formula is C25H33ClN4O3. The molecule has 4 rings (SSSR count). The summed E-state index contributed by atoms with van der Waals surface area (Å²) in [6, 6.07) is 5.49. The largest absolute Gasteiger partial charge is 0.449 e. The number of hydrogen-bond acceptors (Lipinski definition) is 5. The van der Waals surface area contributed by atoms with Crippen LogP contribution in [0.4, 0.5) is 4.79 Å². The monoisotopic (exact) mass is 472 g/mol. The Morgan fingerprint density at radius 1 is 1.30 bits per heavy atom. The van der Waals surface area contributed by atoms with Gasteiger partial charge in [0.25, 0.3) is 5.91 Å². The molecule has 33 heavy (non-hydrogen) atoms. The van der Waals surface area contributed by atoms with Gasteiger partial charge in [-0.15, -0.1) is 0 Å². The van der Waals surface area contributed by atoms with Gasteiger partial charge in [0.05, 0.1) is 17.1 Å². The molecule has 8 heteroatoms. The molecular weight excluding hydrogens is 440 g/mol. The van der Waals surface area contributed by atoms with Gasteiger partial charge in [0.15, 0.2) is 0 Å². The predicted octanol–water partition coefficient (Wildman–Crippen LogP) is 4.03. The maximum absolute atomic E-state index is 13.3. The molecule has 1 unspecified atom stereocenters. The van der Waals surface area contributed by atoms with Crippen LogP contribution in [0.2, 0.25) is 5.02 Å². The zero-order valence-corrected chi connectivity index (χ0v) is 20.2. The van der Waals surface area contributed by atoms with Gasteiger partial charge in [0.1, 0.15) is 0 Å². The first-order valence-electron chi connectivity index (χ1n) is 12.0. The van der Waals surface area contributed by atoms with Crippen molar-refractivity contribution < 1.29 is 14.3 Å². The molecule has 0 spiro atoms. The average molecular weight is 473 g/mol. The minimum absolute atomic E-state index is 0.0531. The summed E-state index contributed by atoms with van der Waals surface area (Å²) in [5, 5.41) is 1.65. The highest BCUT2D eigenvalue weighted by Crippen LogP contribution is 2.35. The van der Waals surface area contributed by atoms with E-state index in [2.05, 4.69) is 0 Å². The lowest BCUT2D eigenvalue weighted by Crippen LogP contribution is -2.55. The van der Waals surface area contributed by atoms with Gasteiger partial charge >= 0.3 is 6.09 Å². The summed E-state index contributed by atoms with van der Waals surface area (Å²) >= 11 is 6.76. The summed E-state index contributed by atoms with van der Waals surface area (Å²) < 4.78 is 5.24. The number of rotatable bonds is 5.